The van der Waals surface area contributed by atoms with Crippen molar-refractivity contribution in [2.24, 2.45) is 0 Å². The van der Waals surface area contributed by atoms with Crippen LogP contribution in [0.5, 0.6) is 5.75 Å². The Labute approximate surface area is 114 Å². The average Bonchev–Trinajstić information content (AvgIpc) is 2.79. The molecule has 1 aromatic carbocycles. The van der Waals surface area contributed by atoms with Crippen molar-refractivity contribution in [1.82, 2.24) is 9.38 Å². The second-order valence-electron chi connectivity index (χ2n) is 4.06. The van der Waals surface area contributed by atoms with Gasteiger partial charge in [-0.2, -0.15) is 0 Å². The number of fused-ring (bicyclic) bond motifs is 1. The van der Waals surface area contributed by atoms with E-state index in [1.807, 2.05) is 16.7 Å². The van der Waals surface area contributed by atoms with Gasteiger partial charge in [-0.3, -0.25) is 0 Å². The lowest BCUT2D eigenvalue weighted by Crippen LogP contribution is -1.97. The number of ether oxygens (including phenoxy) is 1. The standard InChI is InChI=1S/C14H10ClFN2O/c15-10-5-6-14-17-11(8-18(14)7-10)9-19-13-4-2-1-3-12(13)16/h1-8H,9H2. The molecule has 0 bridgehead atoms. The molecule has 2 aromatic heterocycles. The van der Waals surface area contributed by atoms with Gasteiger partial charge in [0.1, 0.15) is 12.3 Å². The van der Waals surface area contributed by atoms with Crippen molar-refractivity contribution < 1.29 is 9.13 Å². The molecule has 0 N–H and O–H groups in total. The van der Waals surface area contributed by atoms with E-state index < -0.39 is 0 Å². The molecular formula is C14H10ClFN2O. The quantitative estimate of drug-likeness (QED) is 0.729. The summed E-state index contributed by atoms with van der Waals surface area (Å²) < 4.78 is 20.6. The van der Waals surface area contributed by atoms with Crippen molar-refractivity contribution in [2.45, 2.75) is 6.61 Å². The van der Waals surface area contributed by atoms with Crippen LogP contribution in [0, 0.1) is 5.82 Å². The Morgan fingerprint density at radius 1 is 1.16 bits per heavy atom. The molecule has 3 rings (SSSR count). The highest BCUT2D eigenvalue weighted by atomic mass is 35.5. The van der Waals surface area contributed by atoms with Gasteiger partial charge in [-0.15, -0.1) is 0 Å². The minimum atomic E-state index is -0.380. The van der Waals surface area contributed by atoms with E-state index in [9.17, 15) is 4.39 Å². The highest BCUT2D eigenvalue weighted by molar-refractivity contribution is 6.30. The molecule has 2 heterocycles. The van der Waals surface area contributed by atoms with E-state index in [2.05, 4.69) is 4.98 Å². The van der Waals surface area contributed by atoms with Gasteiger partial charge in [0, 0.05) is 12.4 Å². The lowest BCUT2D eigenvalue weighted by atomic mass is 10.3. The highest BCUT2D eigenvalue weighted by Crippen LogP contribution is 2.17. The summed E-state index contributed by atoms with van der Waals surface area (Å²) in [6.07, 6.45) is 3.57. The maximum Gasteiger partial charge on any atom is 0.165 e. The summed E-state index contributed by atoms with van der Waals surface area (Å²) in [6, 6.07) is 9.87. The van der Waals surface area contributed by atoms with E-state index in [-0.39, 0.29) is 18.2 Å². The summed E-state index contributed by atoms with van der Waals surface area (Å²) in [6.45, 7) is 0.209. The van der Waals surface area contributed by atoms with Gasteiger partial charge in [0.2, 0.25) is 0 Å². The minimum Gasteiger partial charge on any atom is -0.484 e. The molecule has 96 valence electrons. The molecule has 0 aliphatic rings. The van der Waals surface area contributed by atoms with Gasteiger partial charge in [0.05, 0.1) is 10.7 Å². The fourth-order valence-corrected chi connectivity index (χ4v) is 1.97. The van der Waals surface area contributed by atoms with Crippen molar-refractivity contribution >= 4 is 17.2 Å². The molecule has 5 heteroatoms. The van der Waals surface area contributed by atoms with E-state index in [1.165, 1.54) is 6.07 Å². The number of rotatable bonds is 3. The fraction of sp³-hybridized carbons (Fsp3) is 0.0714. The third-order valence-electron chi connectivity index (χ3n) is 2.68. The minimum absolute atomic E-state index is 0.209. The van der Waals surface area contributed by atoms with Crippen molar-refractivity contribution in [1.29, 1.82) is 0 Å². The summed E-state index contributed by atoms with van der Waals surface area (Å²) in [5.74, 6) is -0.160. The van der Waals surface area contributed by atoms with Gasteiger partial charge < -0.3 is 9.14 Å². The topological polar surface area (TPSA) is 26.5 Å². The number of para-hydroxylation sites is 1. The van der Waals surface area contributed by atoms with Gasteiger partial charge in [-0.1, -0.05) is 23.7 Å². The Morgan fingerprint density at radius 2 is 2.00 bits per heavy atom. The van der Waals surface area contributed by atoms with Gasteiger partial charge in [0.25, 0.3) is 0 Å². The van der Waals surface area contributed by atoms with E-state index in [1.54, 1.807) is 30.5 Å². The van der Waals surface area contributed by atoms with E-state index in [4.69, 9.17) is 16.3 Å². The molecule has 0 unspecified atom stereocenters. The normalized spacial score (nSPS) is 10.8. The van der Waals surface area contributed by atoms with Crippen molar-refractivity contribution in [2.75, 3.05) is 0 Å². The molecule has 3 nitrogen and oxygen atoms in total. The molecule has 0 aliphatic heterocycles. The smallest absolute Gasteiger partial charge is 0.165 e. The molecule has 0 fully saturated rings. The Bertz CT molecular complexity index is 726. The molecule has 0 saturated carbocycles. The highest BCUT2D eigenvalue weighted by Gasteiger charge is 2.05. The van der Waals surface area contributed by atoms with Crippen LogP contribution in [-0.2, 0) is 6.61 Å². The molecule has 0 radical (unpaired) electrons. The van der Waals surface area contributed by atoms with Gasteiger partial charge in [-0.05, 0) is 24.3 Å². The number of imidazole rings is 1. The second kappa shape index (κ2) is 4.90. The predicted molar refractivity (Wildman–Crippen MR) is 70.9 cm³/mol. The average molecular weight is 277 g/mol. The van der Waals surface area contributed by atoms with E-state index >= 15 is 0 Å². The van der Waals surface area contributed by atoms with Crippen LogP contribution >= 0.6 is 11.6 Å². The maximum absolute atomic E-state index is 13.4. The predicted octanol–water partition coefficient (Wildman–Crippen LogP) is 3.71. The molecule has 0 saturated heterocycles. The summed E-state index contributed by atoms with van der Waals surface area (Å²) in [5.41, 5.74) is 1.49. The first-order chi connectivity index (χ1) is 9.22. The van der Waals surface area contributed by atoms with Crippen LogP contribution in [0.4, 0.5) is 4.39 Å². The number of benzene rings is 1. The zero-order chi connectivity index (χ0) is 13.2. The van der Waals surface area contributed by atoms with Crippen LogP contribution in [0.25, 0.3) is 5.65 Å². The first-order valence-electron chi connectivity index (χ1n) is 5.73. The SMILES string of the molecule is Fc1ccccc1OCc1cn2cc(Cl)ccc2n1. The Kier molecular flexibility index (Phi) is 3.09. The lowest BCUT2D eigenvalue weighted by molar-refractivity contribution is 0.286. The number of hydrogen-bond donors (Lipinski definition) is 0. The lowest BCUT2D eigenvalue weighted by Gasteiger charge is -2.04. The third-order valence-corrected chi connectivity index (χ3v) is 2.90. The number of hydrogen-bond acceptors (Lipinski definition) is 2. The molecule has 0 amide bonds. The van der Waals surface area contributed by atoms with E-state index in [0.29, 0.717) is 10.7 Å². The summed E-state index contributed by atoms with van der Waals surface area (Å²) in [4.78, 5) is 4.36. The second-order valence-corrected chi connectivity index (χ2v) is 4.50. The summed E-state index contributed by atoms with van der Waals surface area (Å²) >= 11 is 5.89. The van der Waals surface area contributed by atoms with Crippen LogP contribution in [0.1, 0.15) is 5.69 Å². The number of pyridine rings is 1. The molecule has 0 atom stereocenters. The molecule has 0 aliphatic carbocycles. The van der Waals surface area contributed by atoms with Crippen LogP contribution in [0.15, 0.2) is 48.8 Å². The first-order valence-corrected chi connectivity index (χ1v) is 6.10. The van der Waals surface area contributed by atoms with Crippen molar-refractivity contribution in [3.63, 3.8) is 0 Å². The molecule has 19 heavy (non-hydrogen) atoms. The van der Waals surface area contributed by atoms with Gasteiger partial charge in [0.15, 0.2) is 11.6 Å². The Hall–Kier alpha value is -2.07. The fourth-order valence-electron chi connectivity index (χ4n) is 1.80. The summed E-state index contributed by atoms with van der Waals surface area (Å²) in [5, 5.41) is 0.631. The zero-order valence-corrected chi connectivity index (χ0v) is 10.6. The number of halogens is 2. The largest absolute Gasteiger partial charge is 0.484 e. The van der Waals surface area contributed by atoms with Crippen LogP contribution < -0.4 is 4.74 Å². The van der Waals surface area contributed by atoms with Crippen molar-refractivity contribution in [3.8, 4) is 5.75 Å². The maximum atomic E-state index is 13.4. The first kappa shape index (κ1) is 12.0. The zero-order valence-electron chi connectivity index (χ0n) is 9.88. The molecular weight excluding hydrogens is 267 g/mol. The monoisotopic (exact) mass is 276 g/mol. The Balaban J connectivity index is 1.80. The van der Waals surface area contributed by atoms with Crippen molar-refractivity contribution in [3.05, 3.63) is 65.3 Å². The van der Waals surface area contributed by atoms with Gasteiger partial charge >= 0.3 is 0 Å². The molecule has 3 aromatic rings. The van der Waals surface area contributed by atoms with E-state index in [0.717, 1.165) is 5.65 Å². The van der Waals surface area contributed by atoms with Crippen LogP contribution in [0.3, 0.4) is 0 Å². The van der Waals surface area contributed by atoms with Crippen LogP contribution in [0.2, 0.25) is 5.02 Å². The van der Waals surface area contributed by atoms with Crippen LogP contribution in [-0.4, -0.2) is 9.38 Å². The summed E-state index contributed by atoms with van der Waals surface area (Å²) in [7, 11) is 0. The number of nitrogens with zero attached hydrogens (tertiary/aromatic N) is 2. The Morgan fingerprint density at radius 3 is 2.84 bits per heavy atom. The van der Waals surface area contributed by atoms with Gasteiger partial charge in [-0.25, -0.2) is 9.37 Å². The third kappa shape index (κ3) is 2.53. The number of aromatic nitrogens is 2. The molecule has 0 spiro atoms.